The number of methoxy groups -OCH3 is 1. The fourth-order valence-corrected chi connectivity index (χ4v) is 3.45. The number of carbonyl (C=O) groups is 2. The SMILES string of the molecule is CCn1c(CNC(=O)c2ccco2)nnc1SCC(=O)c1cccc(OC)c1. The summed E-state index contributed by atoms with van der Waals surface area (Å²) in [6, 6.07) is 10.3. The number of aromatic nitrogens is 3. The van der Waals surface area contributed by atoms with E-state index < -0.39 is 0 Å². The molecule has 8 nitrogen and oxygen atoms in total. The molecule has 2 aromatic heterocycles. The van der Waals surface area contributed by atoms with Crippen LogP contribution in [0.5, 0.6) is 5.75 Å². The fraction of sp³-hybridized carbons (Fsp3) is 0.263. The van der Waals surface area contributed by atoms with Gasteiger partial charge in [0.05, 0.1) is 25.7 Å². The minimum absolute atomic E-state index is 0.0257. The average molecular weight is 400 g/mol. The summed E-state index contributed by atoms with van der Waals surface area (Å²) in [4.78, 5) is 24.4. The number of amides is 1. The summed E-state index contributed by atoms with van der Waals surface area (Å²) in [6.07, 6.45) is 1.44. The zero-order valence-corrected chi connectivity index (χ0v) is 16.4. The highest BCUT2D eigenvalue weighted by molar-refractivity contribution is 7.99. The number of nitrogens with zero attached hydrogens (tertiary/aromatic N) is 3. The van der Waals surface area contributed by atoms with E-state index in [4.69, 9.17) is 9.15 Å². The van der Waals surface area contributed by atoms with Crippen molar-refractivity contribution in [3.8, 4) is 5.75 Å². The van der Waals surface area contributed by atoms with Crippen LogP contribution in [-0.4, -0.2) is 39.3 Å². The van der Waals surface area contributed by atoms with Crippen molar-refractivity contribution < 1.29 is 18.7 Å². The van der Waals surface area contributed by atoms with Crippen LogP contribution in [0.3, 0.4) is 0 Å². The second-order valence-electron chi connectivity index (χ2n) is 5.75. The van der Waals surface area contributed by atoms with Crippen LogP contribution in [0.25, 0.3) is 0 Å². The van der Waals surface area contributed by atoms with Gasteiger partial charge in [-0.05, 0) is 31.2 Å². The molecule has 0 radical (unpaired) electrons. The second-order valence-corrected chi connectivity index (χ2v) is 6.69. The molecule has 1 N–H and O–H groups in total. The van der Waals surface area contributed by atoms with Crippen molar-refractivity contribution in [1.29, 1.82) is 0 Å². The molecule has 3 rings (SSSR count). The molecule has 0 aliphatic carbocycles. The van der Waals surface area contributed by atoms with Crippen LogP contribution in [0, 0.1) is 0 Å². The first-order valence-corrected chi connectivity index (χ1v) is 9.64. The summed E-state index contributed by atoms with van der Waals surface area (Å²) in [5, 5.41) is 11.7. The Balaban J connectivity index is 1.61. The van der Waals surface area contributed by atoms with Crippen LogP contribution in [0.4, 0.5) is 0 Å². The summed E-state index contributed by atoms with van der Waals surface area (Å²) >= 11 is 1.31. The number of ether oxygens (including phenoxy) is 1. The number of carbonyl (C=O) groups excluding carboxylic acids is 2. The van der Waals surface area contributed by atoms with Gasteiger partial charge in [0.1, 0.15) is 5.75 Å². The van der Waals surface area contributed by atoms with E-state index in [9.17, 15) is 9.59 Å². The van der Waals surface area contributed by atoms with Gasteiger partial charge < -0.3 is 19.0 Å². The number of hydrogen-bond acceptors (Lipinski definition) is 7. The highest BCUT2D eigenvalue weighted by Gasteiger charge is 2.16. The Bertz CT molecular complexity index is 953. The normalized spacial score (nSPS) is 10.6. The topological polar surface area (TPSA) is 99.3 Å². The van der Waals surface area contributed by atoms with Crippen LogP contribution >= 0.6 is 11.8 Å². The van der Waals surface area contributed by atoms with Gasteiger partial charge in [0, 0.05) is 12.1 Å². The third-order valence-corrected chi connectivity index (χ3v) is 4.95. The highest BCUT2D eigenvalue weighted by Crippen LogP contribution is 2.20. The van der Waals surface area contributed by atoms with Crippen LogP contribution in [0.2, 0.25) is 0 Å². The number of hydrogen-bond donors (Lipinski definition) is 1. The number of benzene rings is 1. The number of Topliss-reactive ketones (excluding diaryl/α,β-unsaturated/α-hetero) is 1. The fourth-order valence-electron chi connectivity index (χ4n) is 2.54. The van der Waals surface area contributed by atoms with Crippen LogP contribution in [0.15, 0.2) is 52.2 Å². The third-order valence-electron chi connectivity index (χ3n) is 3.99. The minimum atomic E-state index is -0.321. The summed E-state index contributed by atoms with van der Waals surface area (Å²) in [5.74, 6) is 1.37. The van der Waals surface area contributed by atoms with Gasteiger partial charge in [-0.25, -0.2) is 0 Å². The van der Waals surface area contributed by atoms with E-state index >= 15 is 0 Å². The molecule has 1 aromatic carbocycles. The molecule has 0 aliphatic heterocycles. The predicted molar refractivity (Wildman–Crippen MR) is 104 cm³/mol. The Kier molecular flexibility index (Phi) is 6.49. The van der Waals surface area contributed by atoms with Gasteiger partial charge in [0.25, 0.3) is 5.91 Å². The molecule has 1 amide bonds. The van der Waals surface area contributed by atoms with Gasteiger partial charge in [-0.3, -0.25) is 9.59 Å². The number of rotatable bonds is 9. The third kappa shape index (κ3) is 4.61. The second kappa shape index (κ2) is 9.23. The van der Waals surface area contributed by atoms with Gasteiger partial charge in [0.2, 0.25) is 0 Å². The monoisotopic (exact) mass is 400 g/mol. The van der Waals surface area contributed by atoms with Crippen molar-refractivity contribution in [1.82, 2.24) is 20.1 Å². The van der Waals surface area contributed by atoms with Crippen molar-refractivity contribution >= 4 is 23.5 Å². The van der Waals surface area contributed by atoms with Crippen LogP contribution in [0.1, 0.15) is 33.7 Å². The van der Waals surface area contributed by atoms with Crippen molar-refractivity contribution in [2.24, 2.45) is 0 Å². The standard InChI is InChI=1S/C19H20N4O4S/c1-3-23-17(11-20-18(25)16-8-5-9-27-16)21-22-19(23)28-12-15(24)13-6-4-7-14(10-13)26-2/h4-10H,3,11-12H2,1-2H3,(H,20,25). The highest BCUT2D eigenvalue weighted by atomic mass is 32.2. The Morgan fingerprint density at radius 3 is 2.82 bits per heavy atom. The maximum Gasteiger partial charge on any atom is 0.287 e. The molecule has 9 heteroatoms. The van der Waals surface area contributed by atoms with Gasteiger partial charge >= 0.3 is 0 Å². The maximum absolute atomic E-state index is 12.4. The maximum atomic E-state index is 12.4. The molecule has 28 heavy (non-hydrogen) atoms. The van der Waals surface area contributed by atoms with Crippen molar-refractivity contribution in [3.05, 3.63) is 59.8 Å². The Labute approximate surface area is 166 Å². The largest absolute Gasteiger partial charge is 0.497 e. The number of furan rings is 1. The van der Waals surface area contributed by atoms with E-state index in [2.05, 4.69) is 15.5 Å². The van der Waals surface area contributed by atoms with Gasteiger partial charge in [0.15, 0.2) is 22.5 Å². The minimum Gasteiger partial charge on any atom is -0.497 e. The summed E-state index contributed by atoms with van der Waals surface area (Å²) < 4.78 is 12.1. The summed E-state index contributed by atoms with van der Waals surface area (Å²) in [5.41, 5.74) is 0.584. The van der Waals surface area contributed by atoms with E-state index in [1.807, 2.05) is 11.5 Å². The lowest BCUT2D eigenvalue weighted by molar-refractivity contribution is 0.0921. The molecule has 0 saturated heterocycles. The molecular formula is C19H20N4O4S. The number of thioether (sulfide) groups is 1. The number of ketones is 1. The first-order valence-electron chi connectivity index (χ1n) is 8.66. The summed E-state index contributed by atoms with van der Waals surface area (Å²) in [6.45, 7) is 2.79. The molecular weight excluding hydrogens is 380 g/mol. The molecule has 0 aliphatic rings. The van der Waals surface area contributed by atoms with Crippen LogP contribution in [-0.2, 0) is 13.1 Å². The molecule has 0 unspecified atom stereocenters. The zero-order valence-electron chi connectivity index (χ0n) is 15.5. The van der Waals surface area contributed by atoms with Crippen molar-refractivity contribution in [2.75, 3.05) is 12.9 Å². The lowest BCUT2D eigenvalue weighted by Gasteiger charge is -2.08. The predicted octanol–water partition coefficient (Wildman–Crippen LogP) is 2.80. The molecule has 0 spiro atoms. The van der Waals surface area contributed by atoms with E-state index in [1.54, 1.807) is 43.5 Å². The Morgan fingerprint density at radius 2 is 2.11 bits per heavy atom. The first-order chi connectivity index (χ1) is 13.6. The van der Waals surface area contributed by atoms with Crippen LogP contribution < -0.4 is 10.1 Å². The van der Waals surface area contributed by atoms with Gasteiger partial charge in [-0.1, -0.05) is 23.9 Å². The lowest BCUT2D eigenvalue weighted by atomic mass is 10.1. The van der Waals surface area contributed by atoms with E-state index in [-0.39, 0.29) is 29.7 Å². The molecule has 146 valence electrons. The molecule has 0 saturated carbocycles. The molecule has 0 atom stereocenters. The first kappa shape index (κ1) is 19.7. The molecule has 0 bridgehead atoms. The van der Waals surface area contributed by atoms with E-state index in [1.165, 1.54) is 18.0 Å². The lowest BCUT2D eigenvalue weighted by Crippen LogP contribution is -2.24. The Hall–Kier alpha value is -3.07. The van der Waals surface area contributed by atoms with E-state index in [0.29, 0.717) is 28.8 Å². The smallest absolute Gasteiger partial charge is 0.287 e. The summed E-state index contributed by atoms with van der Waals surface area (Å²) in [7, 11) is 1.56. The van der Waals surface area contributed by atoms with Crippen molar-refractivity contribution in [2.45, 2.75) is 25.2 Å². The van der Waals surface area contributed by atoms with Gasteiger partial charge in [-0.2, -0.15) is 0 Å². The van der Waals surface area contributed by atoms with E-state index in [0.717, 1.165) is 0 Å². The Morgan fingerprint density at radius 1 is 1.25 bits per heavy atom. The van der Waals surface area contributed by atoms with Gasteiger partial charge in [-0.15, -0.1) is 10.2 Å². The van der Waals surface area contributed by atoms with Crippen molar-refractivity contribution in [3.63, 3.8) is 0 Å². The quantitative estimate of drug-likeness (QED) is 0.435. The molecule has 3 aromatic rings. The average Bonchev–Trinajstić information content (AvgIpc) is 3.40. The molecule has 0 fully saturated rings. The number of nitrogens with one attached hydrogen (secondary N) is 1. The molecule has 2 heterocycles. The zero-order chi connectivity index (χ0) is 19.9.